The van der Waals surface area contributed by atoms with Gasteiger partial charge < -0.3 is 10.1 Å². The van der Waals surface area contributed by atoms with Crippen molar-refractivity contribution in [3.63, 3.8) is 0 Å². The molecule has 1 aromatic carbocycles. The van der Waals surface area contributed by atoms with Crippen molar-refractivity contribution in [3.05, 3.63) is 29.8 Å². The van der Waals surface area contributed by atoms with Crippen molar-refractivity contribution >= 4 is 0 Å². The molecule has 0 bridgehead atoms. The van der Waals surface area contributed by atoms with Crippen LogP contribution in [0.15, 0.2) is 24.3 Å². The van der Waals surface area contributed by atoms with E-state index in [1.54, 1.807) is 0 Å². The molecule has 0 spiro atoms. The lowest BCUT2D eigenvalue weighted by Crippen LogP contribution is -2.36. The number of benzene rings is 1. The lowest BCUT2D eigenvalue weighted by Gasteiger charge is -2.33. The second kappa shape index (κ2) is 6.95. The maximum atomic E-state index is 5.53. The number of rotatable bonds is 5. The van der Waals surface area contributed by atoms with Crippen molar-refractivity contribution in [1.29, 1.82) is 0 Å². The summed E-state index contributed by atoms with van der Waals surface area (Å²) in [6.07, 6.45) is 2.57. The van der Waals surface area contributed by atoms with Gasteiger partial charge in [-0.2, -0.15) is 0 Å². The van der Waals surface area contributed by atoms with Gasteiger partial charge in [-0.25, -0.2) is 0 Å². The predicted molar refractivity (Wildman–Crippen MR) is 80.8 cm³/mol. The average Bonchev–Trinajstić information content (AvgIpc) is 2.40. The first kappa shape index (κ1) is 14.4. The van der Waals surface area contributed by atoms with E-state index in [-0.39, 0.29) is 0 Å². The highest BCUT2D eigenvalue weighted by atomic mass is 16.5. The topological polar surface area (TPSA) is 21.3 Å². The zero-order chi connectivity index (χ0) is 13.7. The van der Waals surface area contributed by atoms with Crippen LogP contribution in [0, 0.1) is 11.8 Å². The molecule has 0 aliphatic carbocycles. The summed E-state index contributed by atoms with van der Waals surface area (Å²) >= 11 is 0. The molecule has 1 heterocycles. The van der Waals surface area contributed by atoms with Gasteiger partial charge in [-0.3, -0.25) is 0 Å². The Morgan fingerprint density at radius 3 is 2.63 bits per heavy atom. The Balaban J connectivity index is 2.08. The Morgan fingerprint density at radius 2 is 2.00 bits per heavy atom. The lowest BCUT2D eigenvalue weighted by atomic mass is 9.77. The molecular formula is C17H27NO. The van der Waals surface area contributed by atoms with Gasteiger partial charge in [0.2, 0.25) is 0 Å². The molecule has 0 aromatic heterocycles. The standard InChI is InChI=1S/C17H27NO/c1-4-19-16-7-5-14(6-8-16)17-9-10-18-12-15(17)11-13(2)3/h5-8,13,15,17-18H,4,9-12H2,1-3H3. The van der Waals surface area contributed by atoms with E-state index in [1.807, 2.05) is 6.92 Å². The highest BCUT2D eigenvalue weighted by molar-refractivity contribution is 5.30. The molecule has 0 amide bonds. The maximum Gasteiger partial charge on any atom is 0.119 e. The normalized spacial score (nSPS) is 23.6. The first-order valence-corrected chi connectivity index (χ1v) is 7.64. The fourth-order valence-corrected chi connectivity index (χ4v) is 3.19. The second-order valence-corrected chi connectivity index (χ2v) is 5.99. The molecule has 1 saturated heterocycles. The number of hydrogen-bond acceptors (Lipinski definition) is 2. The summed E-state index contributed by atoms with van der Waals surface area (Å²) in [5, 5.41) is 3.55. The van der Waals surface area contributed by atoms with Crippen molar-refractivity contribution in [2.45, 2.75) is 39.5 Å². The van der Waals surface area contributed by atoms with E-state index >= 15 is 0 Å². The van der Waals surface area contributed by atoms with Crippen molar-refractivity contribution in [2.75, 3.05) is 19.7 Å². The molecule has 1 aliphatic heterocycles. The Bertz CT molecular complexity index is 371. The van der Waals surface area contributed by atoms with Gasteiger partial charge in [0.15, 0.2) is 0 Å². The van der Waals surface area contributed by atoms with Crippen LogP contribution in [0.1, 0.15) is 45.1 Å². The van der Waals surface area contributed by atoms with Crippen LogP contribution < -0.4 is 10.1 Å². The summed E-state index contributed by atoms with van der Waals surface area (Å²) < 4.78 is 5.53. The number of ether oxygens (including phenoxy) is 1. The van der Waals surface area contributed by atoms with Gasteiger partial charge >= 0.3 is 0 Å². The van der Waals surface area contributed by atoms with Crippen LogP contribution in [-0.4, -0.2) is 19.7 Å². The monoisotopic (exact) mass is 261 g/mol. The molecular weight excluding hydrogens is 234 g/mol. The summed E-state index contributed by atoms with van der Waals surface area (Å²) in [5.74, 6) is 3.24. The molecule has 1 aromatic rings. The van der Waals surface area contributed by atoms with E-state index in [4.69, 9.17) is 4.74 Å². The van der Waals surface area contributed by atoms with E-state index in [0.29, 0.717) is 5.92 Å². The second-order valence-electron chi connectivity index (χ2n) is 5.99. The number of nitrogens with one attached hydrogen (secondary N) is 1. The van der Waals surface area contributed by atoms with E-state index in [9.17, 15) is 0 Å². The van der Waals surface area contributed by atoms with E-state index < -0.39 is 0 Å². The third-order valence-corrected chi connectivity index (χ3v) is 4.00. The Labute approximate surface area is 117 Å². The molecule has 1 N–H and O–H groups in total. The minimum atomic E-state index is 0.708. The zero-order valence-electron chi connectivity index (χ0n) is 12.5. The van der Waals surface area contributed by atoms with Crippen molar-refractivity contribution in [1.82, 2.24) is 5.32 Å². The molecule has 1 fully saturated rings. The van der Waals surface area contributed by atoms with Gasteiger partial charge in [0, 0.05) is 0 Å². The lowest BCUT2D eigenvalue weighted by molar-refractivity contribution is 0.280. The molecule has 0 saturated carbocycles. The van der Waals surface area contributed by atoms with Gasteiger partial charge in [-0.1, -0.05) is 26.0 Å². The summed E-state index contributed by atoms with van der Waals surface area (Å²) in [5.41, 5.74) is 1.48. The van der Waals surface area contributed by atoms with Gasteiger partial charge in [0.1, 0.15) is 5.75 Å². The Hall–Kier alpha value is -1.02. The summed E-state index contributed by atoms with van der Waals surface area (Å²) in [4.78, 5) is 0. The molecule has 2 rings (SSSR count). The van der Waals surface area contributed by atoms with E-state index in [2.05, 4.69) is 43.4 Å². The van der Waals surface area contributed by atoms with Crippen LogP contribution in [0.3, 0.4) is 0 Å². The van der Waals surface area contributed by atoms with Gasteiger partial charge in [0.05, 0.1) is 6.61 Å². The predicted octanol–water partition coefficient (Wildman–Crippen LogP) is 3.82. The SMILES string of the molecule is CCOc1ccc(C2CCNCC2CC(C)C)cc1. The molecule has 2 nitrogen and oxygen atoms in total. The largest absolute Gasteiger partial charge is 0.494 e. The first-order valence-electron chi connectivity index (χ1n) is 7.64. The van der Waals surface area contributed by atoms with Crippen molar-refractivity contribution < 1.29 is 4.74 Å². The maximum absolute atomic E-state index is 5.53. The highest BCUT2D eigenvalue weighted by Crippen LogP contribution is 2.34. The van der Waals surface area contributed by atoms with Gasteiger partial charge in [-0.05, 0) is 68.3 Å². The summed E-state index contributed by atoms with van der Waals surface area (Å²) in [6, 6.07) is 8.75. The highest BCUT2D eigenvalue weighted by Gasteiger charge is 2.26. The molecule has 2 unspecified atom stereocenters. The quantitative estimate of drug-likeness (QED) is 0.870. The van der Waals surface area contributed by atoms with Crippen molar-refractivity contribution in [2.24, 2.45) is 11.8 Å². The number of piperidine rings is 1. The smallest absolute Gasteiger partial charge is 0.119 e. The molecule has 19 heavy (non-hydrogen) atoms. The minimum Gasteiger partial charge on any atom is -0.494 e. The van der Waals surface area contributed by atoms with Crippen LogP contribution in [0.4, 0.5) is 0 Å². The van der Waals surface area contributed by atoms with Crippen LogP contribution in [-0.2, 0) is 0 Å². The number of hydrogen-bond donors (Lipinski definition) is 1. The molecule has 0 radical (unpaired) electrons. The van der Waals surface area contributed by atoms with Crippen LogP contribution in [0.5, 0.6) is 5.75 Å². The molecule has 106 valence electrons. The van der Waals surface area contributed by atoms with E-state index in [0.717, 1.165) is 37.3 Å². The third-order valence-electron chi connectivity index (χ3n) is 4.00. The Morgan fingerprint density at radius 1 is 1.26 bits per heavy atom. The summed E-state index contributed by atoms with van der Waals surface area (Å²) in [6.45, 7) is 9.72. The Kier molecular flexibility index (Phi) is 5.26. The van der Waals surface area contributed by atoms with Crippen LogP contribution in [0.2, 0.25) is 0 Å². The fourth-order valence-electron chi connectivity index (χ4n) is 3.19. The zero-order valence-corrected chi connectivity index (χ0v) is 12.5. The minimum absolute atomic E-state index is 0.708. The molecule has 1 aliphatic rings. The van der Waals surface area contributed by atoms with Gasteiger partial charge in [-0.15, -0.1) is 0 Å². The third kappa shape index (κ3) is 3.97. The fraction of sp³-hybridized carbons (Fsp3) is 0.647. The first-order chi connectivity index (χ1) is 9.20. The van der Waals surface area contributed by atoms with Crippen LogP contribution >= 0.6 is 0 Å². The van der Waals surface area contributed by atoms with Gasteiger partial charge in [0.25, 0.3) is 0 Å². The summed E-state index contributed by atoms with van der Waals surface area (Å²) in [7, 11) is 0. The van der Waals surface area contributed by atoms with Crippen LogP contribution in [0.25, 0.3) is 0 Å². The van der Waals surface area contributed by atoms with E-state index in [1.165, 1.54) is 18.4 Å². The van der Waals surface area contributed by atoms with Crippen molar-refractivity contribution in [3.8, 4) is 5.75 Å². The average molecular weight is 261 g/mol. The molecule has 2 atom stereocenters. The molecule has 2 heteroatoms.